The van der Waals surface area contributed by atoms with Gasteiger partial charge in [0.05, 0.1) is 10.8 Å². The van der Waals surface area contributed by atoms with Crippen LogP contribution in [0.5, 0.6) is 0 Å². The molecular weight excluding hydrogens is 374 g/mol. The molecule has 0 spiro atoms. The summed E-state index contributed by atoms with van der Waals surface area (Å²) in [5.41, 5.74) is 3.04. The highest BCUT2D eigenvalue weighted by Gasteiger charge is 2.23. The second-order valence-corrected chi connectivity index (χ2v) is 6.17. The van der Waals surface area contributed by atoms with E-state index in [0.29, 0.717) is 16.8 Å². The molecule has 0 aromatic heterocycles. The number of hydroxylamine groups is 1. The zero-order valence-electron chi connectivity index (χ0n) is 15.1. The highest BCUT2D eigenvalue weighted by Crippen LogP contribution is 2.26. The first-order valence-corrected chi connectivity index (χ1v) is 8.65. The SMILES string of the molecule is O=C(Nc1ccc(C(C(=O)NO)c2ccccc2)cc1)c1ccccc1[N+](=O)[O-]. The van der Waals surface area contributed by atoms with Gasteiger partial charge in [-0.3, -0.25) is 24.9 Å². The number of carbonyl (C=O) groups is 2. The van der Waals surface area contributed by atoms with E-state index >= 15 is 0 Å². The van der Waals surface area contributed by atoms with E-state index in [0.717, 1.165) is 0 Å². The molecule has 0 fully saturated rings. The van der Waals surface area contributed by atoms with Gasteiger partial charge >= 0.3 is 0 Å². The number of nitro benzene ring substituents is 1. The second-order valence-electron chi connectivity index (χ2n) is 6.17. The average Bonchev–Trinajstić information content (AvgIpc) is 2.75. The van der Waals surface area contributed by atoms with E-state index < -0.39 is 22.7 Å². The zero-order chi connectivity index (χ0) is 20.8. The van der Waals surface area contributed by atoms with Crippen molar-refractivity contribution in [2.45, 2.75) is 5.92 Å². The molecule has 3 N–H and O–H groups in total. The summed E-state index contributed by atoms with van der Waals surface area (Å²) < 4.78 is 0. The molecule has 146 valence electrons. The van der Waals surface area contributed by atoms with Crippen molar-refractivity contribution >= 4 is 23.2 Å². The number of amides is 2. The fourth-order valence-electron chi connectivity index (χ4n) is 2.99. The normalized spacial score (nSPS) is 11.3. The van der Waals surface area contributed by atoms with Crippen LogP contribution in [0.15, 0.2) is 78.9 Å². The van der Waals surface area contributed by atoms with Crippen molar-refractivity contribution in [2.24, 2.45) is 0 Å². The average molecular weight is 391 g/mol. The molecule has 8 heteroatoms. The summed E-state index contributed by atoms with van der Waals surface area (Å²) >= 11 is 0. The summed E-state index contributed by atoms with van der Waals surface area (Å²) in [6.45, 7) is 0. The van der Waals surface area contributed by atoms with E-state index in [4.69, 9.17) is 5.21 Å². The van der Waals surface area contributed by atoms with Crippen molar-refractivity contribution in [2.75, 3.05) is 5.32 Å². The zero-order valence-corrected chi connectivity index (χ0v) is 15.1. The topological polar surface area (TPSA) is 122 Å². The number of nitrogens with zero attached hydrogens (tertiary/aromatic N) is 1. The number of anilines is 1. The van der Waals surface area contributed by atoms with E-state index in [1.807, 2.05) is 6.07 Å². The Kier molecular flexibility index (Phi) is 5.96. The molecule has 3 aromatic rings. The molecule has 0 radical (unpaired) electrons. The smallest absolute Gasteiger partial charge is 0.282 e. The molecule has 3 aromatic carbocycles. The lowest BCUT2D eigenvalue weighted by Crippen LogP contribution is -2.27. The molecule has 0 saturated heterocycles. The van der Waals surface area contributed by atoms with Crippen LogP contribution in [0.4, 0.5) is 11.4 Å². The lowest BCUT2D eigenvalue weighted by Gasteiger charge is -2.16. The van der Waals surface area contributed by atoms with Crippen molar-refractivity contribution in [1.82, 2.24) is 5.48 Å². The third-order valence-corrected chi connectivity index (χ3v) is 4.35. The van der Waals surface area contributed by atoms with Crippen molar-refractivity contribution in [1.29, 1.82) is 0 Å². The molecule has 29 heavy (non-hydrogen) atoms. The second kappa shape index (κ2) is 8.77. The minimum Gasteiger partial charge on any atom is -0.322 e. The van der Waals surface area contributed by atoms with Crippen LogP contribution >= 0.6 is 0 Å². The van der Waals surface area contributed by atoms with Gasteiger partial charge in [-0.15, -0.1) is 0 Å². The third kappa shape index (κ3) is 4.45. The van der Waals surface area contributed by atoms with E-state index in [1.165, 1.54) is 18.2 Å². The molecule has 0 aliphatic rings. The fraction of sp³-hybridized carbons (Fsp3) is 0.0476. The van der Waals surface area contributed by atoms with E-state index in [-0.39, 0.29) is 11.3 Å². The Morgan fingerprint density at radius 2 is 1.45 bits per heavy atom. The number of nitrogens with one attached hydrogen (secondary N) is 2. The van der Waals surface area contributed by atoms with Crippen LogP contribution in [0, 0.1) is 10.1 Å². The van der Waals surface area contributed by atoms with Crippen LogP contribution in [0.2, 0.25) is 0 Å². The van der Waals surface area contributed by atoms with Gasteiger partial charge in [-0.25, -0.2) is 5.48 Å². The van der Waals surface area contributed by atoms with Crippen molar-refractivity contribution in [3.05, 3.63) is 106 Å². The quantitative estimate of drug-likeness (QED) is 0.337. The summed E-state index contributed by atoms with van der Waals surface area (Å²) in [4.78, 5) is 35.1. The number of hydrogen-bond acceptors (Lipinski definition) is 5. The lowest BCUT2D eigenvalue weighted by molar-refractivity contribution is -0.385. The number of para-hydroxylation sites is 1. The largest absolute Gasteiger partial charge is 0.322 e. The Morgan fingerprint density at radius 3 is 2.07 bits per heavy atom. The van der Waals surface area contributed by atoms with Crippen LogP contribution in [0.1, 0.15) is 27.4 Å². The molecule has 8 nitrogen and oxygen atoms in total. The minimum atomic E-state index is -0.735. The van der Waals surface area contributed by atoms with Crippen LogP contribution in [0.3, 0.4) is 0 Å². The molecule has 0 heterocycles. The first-order valence-electron chi connectivity index (χ1n) is 8.65. The van der Waals surface area contributed by atoms with Gasteiger partial charge in [-0.2, -0.15) is 0 Å². The standard InChI is InChI=1S/C21H17N3O5/c25-20(17-8-4-5-9-18(17)24(28)29)22-16-12-10-15(11-13-16)19(21(26)23-27)14-6-2-1-3-7-14/h1-13,19,27H,(H,22,25)(H,23,26). The van der Waals surface area contributed by atoms with Gasteiger partial charge in [0, 0.05) is 11.8 Å². The van der Waals surface area contributed by atoms with E-state index in [2.05, 4.69) is 5.32 Å². The lowest BCUT2D eigenvalue weighted by atomic mass is 9.90. The molecular formula is C21H17N3O5. The maximum atomic E-state index is 12.4. The van der Waals surface area contributed by atoms with E-state index in [9.17, 15) is 19.7 Å². The maximum Gasteiger partial charge on any atom is 0.282 e. The van der Waals surface area contributed by atoms with Crippen molar-refractivity contribution in [3.63, 3.8) is 0 Å². The van der Waals surface area contributed by atoms with Crippen molar-refractivity contribution in [3.8, 4) is 0 Å². The number of carbonyl (C=O) groups excluding carboxylic acids is 2. The van der Waals surface area contributed by atoms with Crippen molar-refractivity contribution < 1.29 is 19.7 Å². The molecule has 0 saturated carbocycles. The van der Waals surface area contributed by atoms with Gasteiger partial charge in [0.2, 0.25) is 0 Å². The highest BCUT2D eigenvalue weighted by atomic mass is 16.6. The molecule has 1 unspecified atom stereocenters. The minimum absolute atomic E-state index is 0.0524. The molecule has 2 amide bonds. The Labute approximate surface area is 165 Å². The first kappa shape index (κ1) is 19.7. The summed E-state index contributed by atoms with van der Waals surface area (Å²) in [7, 11) is 0. The predicted molar refractivity (Wildman–Crippen MR) is 106 cm³/mol. The fourth-order valence-corrected chi connectivity index (χ4v) is 2.99. The molecule has 0 aliphatic heterocycles. The first-order chi connectivity index (χ1) is 14.0. The Balaban J connectivity index is 1.84. The molecule has 0 aliphatic carbocycles. The Hall–Kier alpha value is -4.04. The summed E-state index contributed by atoms with van der Waals surface area (Å²) in [6, 6.07) is 21.0. The number of hydrogen-bond donors (Lipinski definition) is 3. The van der Waals surface area contributed by atoms with Gasteiger partial charge in [0.25, 0.3) is 17.5 Å². The van der Waals surface area contributed by atoms with E-state index in [1.54, 1.807) is 60.1 Å². The van der Waals surface area contributed by atoms with Crippen LogP contribution in [-0.2, 0) is 4.79 Å². The summed E-state index contributed by atoms with van der Waals surface area (Å²) in [6.07, 6.45) is 0. The number of benzene rings is 3. The van der Waals surface area contributed by atoms with Gasteiger partial charge in [0.15, 0.2) is 0 Å². The number of nitro groups is 1. The monoisotopic (exact) mass is 391 g/mol. The van der Waals surface area contributed by atoms with Crippen LogP contribution < -0.4 is 10.8 Å². The number of rotatable bonds is 6. The third-order valence-electron chi connectivity index (χ3n) is 4.35. The Morgan fingerprint density at radius 1 is 0.862 bits per heavy atom. The van der Waals surface area contributed by atoms with Gasteiger partial charge < -0.3 is 5.32 Å². The summed E-state index contributed by atoms with van der Waals surface area (Å²) in [5, 5.41) is 22.8. The molecule has 1 atom stereocenters. The highest BCUT2D eigenvalue weighted by molar-refractivity contribution is 6.07. The van der Waals surface area contributed by atoms with Gasteiger partial charge in [-0.1, -0.05) is 54.6 Å². The Bertz CT molecular complexity index is 1040. The summed E-state index contributed by atoms with van der Waals surface area (Å²) in [5.74, 6) is -1.94. The maximum absolute atomic E-state index is 12.4. The molecule has 3 rings (SSSR count). The van der Waals surface area contributed by atoms with Gasteiger partial charge in [0.1, 0.15) is 5.56 Å². The molecule has 0 bridgehead atoms. The van der Waals surface area contributed by atoms with Gasteiger partial charge in [-0.05, 0) is 29.3 Å². The predicted octanol–water partition coefficient (Wildman–Crippen LogP) is 3.48. The van der Waals surface area contributed by atoms with Crippen LogP contribution in [-0.4, -0.2) is 21.9 Å². The van der Waals surface area contributed by atoms with Crippen LogP contribution in [0.25, 0.3) is 0 Å².